The molecule has 1 aromatic heterocycles. The zero-order valence-electron chi connectivity index (χ0n) is 32.4. The fourth-order valence-electron chi connectivity index (χ4n) is 9.24. The lowest BCUT2D eigenvalue weighted by molar-refractivity contribution is 0.628. The second-order valence-electron chi connectivity index (χ2n) is 15.3. The molecule has 0 radical (unpaired) electrons. The van der Waals surface area contributed by atoms with Gasteiger partial charge in [-0.05, 0) is 98.6 Å². The monoisotopic (exact) mass is 753 g/mol. The van der Waals surface area contributed by atoms with E-state index in [0.29, 0.717) is 0 Å². The van der Waals surface area contributed by atoms with E-state index in [4.69, 9.17) is 4.42 Å². The Morgan fingerprint density at radius 2 is 0.729 bits per heavy atom. The molecule has 0 atom stereocenters. The van der Waals surface area contributed by atoms with Gasteiger partial charge in [0.15, 0.2) is 0 Å². The normalized spacial score (nSPS) is 12.5. The van der Waals surface area contributed by atoms with E-state index in [2.05, 4.69) is 241 Å². The molecule has 9 aromatic carbocycles. The SMILES string of the molecule is c1ccc(-c2ccc(N(c3ccc(-c4ccccc4)cc3)c3ccc(-c4ccc5c(c4)-c4oc6ccccc6c4C5(c4ccccc4)c4ccccc4)cc3)cc2)cc1. The number of nitrogens with zero attached hydrogens (tertiary/aromatic N) is 1. The number of para-hydroxylation sites is 1. The smallest absolute Gasteiger partial charge is 0.140 e. The Hall–Kier alpha value is -7.68. The third-order valence-corrected chi connectivity index (χ3v) is 12.0. The molecule has 0 bridgehead atoms. The maximum atomic E-state index is 6.84. The van der Waals surface area contributed by atoms with E-state index in [1.807, 2.05) is 0 Å². The zero-order valence-corrected chi connectivity index (χ0v) is 32.4. The number of furan rings is 1. The first-order valence-electron chi connectivity index (χ1n) is 20.3. The summed E-state index contributed by atoms with van der Waals surface area (Å²) in [5.41, 5.74) is 16.8. The summed E-state index contributed by atoms with van der Waals surface area (Å²) in [5.74, 6) is 0.941. The van der Waals surface area contributed by atoms with E-state index < -0.39 is 5.41 Å². The molecule has 2 heteroatoms. The van der Waals surface area contributed by atoms with Crippen LogP contribution in [0.5, 0.6) is 0 Å². The summed E-state index contributed by atoms with van der Waals surface area (Å²) in [6.07, 6.45) is 0. The zero-order chi connectivity index (χ0) is 39.2. The van der Waals surface area contributed by atoms with Gasteiger partial charge in [-0.25, -0.2) is 0 Å². The number of hydrogen-bond acceptors (Lipinski definition) is 2. The summed E-state index contributed by atoms with van der Waals surface area (Å²) in [5, 5.41) is 1.14. The number of fused-ring (bicyclic) bond motifs is 5. The van der Waals surface area contributed by atoms with Gasteiger partial charge in [0.2, 0.25) is 0 Å². The van der Waals surface area contributed by atoms with Crippen molar-refractivity contribution in [2.75, 3.05) is 4.90 Å². The van der Waals surface area contributed by atoms with Crippen LogP contribution in [0.3, 0.4) is 0 Å². The molecule has 1 heterocycles. The summed E-state index contributed by atoms with van der Waals surface area (Å²) in [6, 6.07) is 85.1. The minimum Gasteiger partial charge on any atom is -0.456 e. The Kier molecular flexibility index (Phi) is 8.41. The Balaban J connectivity index is 1.02. The number of hydrogen-bond donors (Lipinski definition) is 0. The van der Waals surface area contributed by atoms with Crippen LogP contribution in [0.15, 0.2) is 241 Å². The largest absolute Gasteiger partial charge is 0.456 e. The Bertz CT molecular complexity index is 2920. The van der Waals surface area contributed by atoms with Crippen LogP contribution in [0.2, 0.25) is 0 Å². The van der Waals surface area contributed by atoms with Crippen molar-refractivity contribution in [2.24, 2.45) is 0 Å². The molecule has 0 aliphatic heterocycles. The van der Waals surface area contributed by atoms with Crippen molar-refractivity contribution < 1.29 is 4.42 Å². The first-order chi connectivity index (χ1) is 29.3. The average molecular weight is 754 g/mol. The van der Waals surface area contributed by atoms with Crippen LogP contribution in [-0.2, 0) is 5.41 Å². The van der Waals surface area contributed by atoms with Crippen LogP contribution in [0, 0.1) is 0 Å². The molecule has 0 spiro atoms. The lowest BCUT2D eigenvalue weighted by Gasteiger charge is -2.33. The minimum absolute atomic E-state index is 0.533. The Labute approximate surface area is 344 Å². The van der Waals surface area contributed by atoms with Crippen LogP contribution in [0.4, 0.5) is 17.1 Å². The molecule has 0 saturated carbocycles. The van der Waals surface area contributed by atoms with Crippen molar-refractivity contribution in [1.29, 1.82) is 0 Å². The fraction of sp³-hybridized carbons (Fsp3) is 0.0175. The van der Waals surface area contributed by atoms with Crippen LogP contribution in [0.25, 0.3) is 55.7 Å². The minimum atomic E-state index is -0.533. The molecule has 0 amide bonds. The average Bonchev–Trinajstić information content (AvgIpc) is 3.84. The standard InChI is InChI=1S/C57H39NO/c1-5-15-40(16-6-1)42-25-32-48(33-26-42)58(49-34-27-43(28-35-49)41-17-7-2-8-18-41)50-36-29-44(30-37-50)45-31-38-53-52(39-45)56-55(51-23-13-14-24-54(51)59-56)57(53,46-19-9-3-10-20-46)47-21-11-4-12-22-47/h1-39H. The molecule has 10 aromatic rings. The highest BCUT2D eigenvalue weighted by Crippen LogP contribution is 2.59. The lowest BCUT2D eigenvalue weighted by atomic mass is 9.67. The molecular formula is C57H39NO. The molecule has 11 rings (SSSR count). The van der Waals surface area contributed by atoms with E-state index in [0.717, 1.165) is 50.5 Å². The van der Waals surface area contributed by atoms with Crippen molar-refractivity contribution in [3.63, 3.8) is 0 Å². The van der Waals surface area contributed by atoms with E-state index >= 15 is 0 Å². The third kappa shape index (κ3) is 5.80. The van der Waals surface area contributed by atoms with Crippen molar-refractivity contribution >= 4 is 28.0 Å². The van der Waals surface area contributed by atoms with Crippen molar-refractivity contribution in [1.82, 2.24) is 0 Å². The first-order valence-corrected chi connectivity index (χ1v) is 20.3. The van der Waals surface area contributed by atoms with E-state index in [1.165, 1.54) is 44.5 Å². The third-order valence-electron chi connectivity index (χ3n) is 12.0. The quantitative estimate of drug-likeness (QED) is 0.154. The summed E-state index contributed by atoms with van der Waals surface area (Å²) in [4.78, 5) is 2.34. The summed E-state index contributed by atoms with van der Waals surface area (Å²) in [7, 11) is 0. The van der Waals surface area contributed by atoms with Crippen LogP contribution < -0.4 is 4.90 Å². The molecule has 2 nitrogen and oxygen atoms in total. The van der Waals surface area contributed by atoms with Gasteiger partial charge in [0.1, 0.15) is 11.3 Å². The first kappa shape index (κ1) is 34.6. The van der Waals surface area contributed by atoms with E-state index in [9.17, 15) is 0 Å². The van der Waals surface area contributed by atoms with Gasteiger partial charge in [-0.3, -0.25) is 0 Å². The molecule has 59 heavy (non-hydrogen) atoms. The van der Waals surface area contributed by atoms with Crippen molar-refractivity contribution in [3.05, 3.63) is 259 Å². The van der Waals surface area contributed by atoms with Gasteiger partial charge >= 0.3 is 0 Å². The van der Waals surface area contributed by atoms with Gasteiger partial charge in [0, 0.05) is 33.6 Å². The van der Waals surface area contributed by atoms with E-state index in [-0.39, 0.29) is 0 Å². The maximum Gasteiger partial charge on any atom is 0.140 e. The number of rotatable bonds is 8. The lowest BCUT2D eigenvalue weighted by Crippen LogP contribution is -2.28. The molecule has 0 fully saturated rings. The predicted octanol–water partition coefficient (Wildman–Crippen LogP) is 15.3. The van der Waals surface area contributed by atoms with E-state index in [1.54, 1.807) is 0 Å². The molecule has 278 valence electrons. The molecule has 0 unspecified atom stereocenters. The second kappa shape index (κ2) is 14.4. The highest BCUT2D eigenvalue weighted by Gasteiger charge is 2.49. The fourth-order valence-corrected chi connectivity index (χ4v) is 9.24. The molecule has 1 aliphatic carbocycles. The summed E-state index contributed by atoms with van der Waals surface area (Å²) >= 11 is 0. The van der Waals surface area contributed by atoms with Crippen LogP contribution in [0.1, 0.15) is 22.3 Å². The van der Waals surface area contributed by atoms with Gasteiger partial charge in [-0.2, -0.15) is 0 Å². The van der Waals surface area contributed by atoms with Gasteiger partial charge in [0.25, 0.3) is 0 Å². The molecule has 0 N–H and O–H groups in total. The number of anilines is 3. The van der Waals surface area contributed by atoms with Gasteiger partial charge < -0.3 is 9.32 Å². The highest BCUT2D eigenvalue weighted by atomic mass is 16.3. The van der Waals surface area contributed by atoms with Crippen molar-refractivity contribution in [2.45, 2.75) is 5.41 Å². The topological polar surface area (TPSA) is 16.4 Å². The van der Waals surface area contributed by atoms with Gasteiger partial charge in [-0.15, -0.1) is 0 Å². The van der Waals surface area contributed by atoms with Gasteiger partial charge in [-0.1, -0.05) is 188 Å². The second-order valence-corrected chi connectivity index (χ2v) is 15.3. The molecule has 1 aliphatic rings. The number of benzene rings is 9. The predicted molar refractivity (Wildman–Crippen MR) is 245 cm³/mol. The summed E-state index contributed by atoms with van der Waals surface area (Å²) in [6.45, 7) is 0. The Morgan fingerprint density at radius 3 is 1.22 bits per heavy atom. The molecular weight excluding hydrogens is 715 g/mol. The van der Waals surface area contributed by atoms with Crippen LogP contribution >= 0.6 is 0 Å². The summed E-state index contributed by atoms with van der Waals surface area (Å²) < 4.78 is 6.84. The van der Waals surface area contributed by atoms with Crippen LogP contribution in [-0.4, -0.2) is 0 Å². The molecule has 0 saturated heterocycles. The highest BCUT2D eigenvalue weighted by molar-refractivity contribution is 5.98. The van der Waals surface area contributed by atoms with Crippen molar-refractivity contribution in [3.8, 4) is 44.7 Å². The van der Waals surface area contributed by atoms with Gasteiger partial charge in [0.05, 0.1) is 5.41 Å². The maximum absolute atomic E-state index is 6.84. The Morgan fingerprint density at radius 1 is 0.339 bits per heavy atom.